The Kier molecular flexibility index (Phi) is 5.61. The predicted molar refractivity (Wildman–Crippen MR) is 86.0 cm³/mol. The number of nitrogens with zero attached hydrogens (tertiary/aromatic N) is 1. The summed E-state index contributed by atoms with van der Waals surface area (Å²) in [4.78, 5) is 2.54. The van der Waals surface area contributed by atoms with Crippen LogP contribution in [-0.2, 0) is 10.0 Å². The Hall–Kier alpha value is -1.11. The molecule has 5 nitrogen and oxygen atoms in total. The van der Waals surface area contributed by atoms with Gasteiger partial charge in [-0.3, -0.25) is 0 Å². The summed E-state index contributed by atoms with van der Waals surface area (Å²) in [6, 6.07) is 7.38. The molecule has 118 valence electrons. The molecular weight excluding hydrogens is 286 g/mol. The molecule has 2 rings (SSSR count). The van der Waals surface area contributed by atoms with Crippen molar-refractivity contribution in [3.8, 4) is 0 Å². The summed E-state index contributed by atoms with van der Waals surface area (Å²) < 4.78 is 22.6. The quantitative estimate of drug-likeness (QED) is 0.784. The van der Waals surface area contributed by atoms with E-state index in [-0.39, 0.29) is 4.90 Å². The highest BCUT2D eigenvalue weighted by molar-refractivity contribution is 7.89. The standard InChI is InChI=1S/C15H25N3O2S/c1-2-10-17-12-14-5-3-4-11-18(14)13-6-8-15(9-7-13)21(16,19)20/h6-9,14,17H,2-5,10-12H2,1H3,(H2,16,19,20). The van der Waals surface area contributed by atoms with E-state index in [0.717, 1.165) is 31.7 Å². The molecule has 1 saturated heterocycles. The van der Waals surface area contributed by atoms with E-state index < -0.39 is 10.0 Å². The number of benzene rings is 1. The lowest BCUT2D eigenvalue weighted by Crippen LogP contribution is -2.45. The van der Waals surface area contributed by atoms with E-state index in [1.807, 2.05) is 12.1 Å². The van der Waals surface area contributed by atoms with E-state index in [1.54, 1.807) is 12.1 Å². The number of rotatable bonds is 6. The first-order valence-corrected chi connectivity index (χ1v) is 9.17. The van der Waals surface area contributed by atoms with Crippen LogP contribution in [0.15, 0.2) is 29.2 Å². The Morgan fingerprint density at radius 3 is 2.62 bits per heavy atom. The lowest BCUT2D eigenvalue weighted by Gasteiger charge is -2.38. The number of hydrogen-bond acceptors (Lipinski definition) is 4. The highest BCUT2D eigenvalue weighted by Gasteiger charge is 2.22. The van der Waals surface area contributed by atoms with Gasteiger partial charge in [0.1, 0.15) is 0 Å². The van der Waals surface area contributed by atoms with Gasteiger partial charge in [0.05, 0.1) is 4.90 Å². The van der Waals surface area contributed by atoms with Crippen LogP contribution in [0.3, 0.4) is 0 Å². The van der Waals surface area contributed by atoms with Gasteiger partial charge in [-0.05, 0) is 56.5 Å². The number of primary sulfonamides is 1. The number of sulfonamides is 1. The van der Waals surface area contributed by atoms with Crippen LogP contribution >= 0.6 is 0 Å². The molecule has 1 unspecified atom stereocenters. The Balaban J connectivity index is 2.10. The van der Waals surface area contributed by atoms with E-state index >= 15 is 0 Å². The SMILES string of the molecule is CCCNCC1CCCCN1c1ccc(S(N)(=O)=O)cc1. The molecule has 0 spiro atoms. The summed E-state index contributed by atoms with van der Waals surface area (Å²) in [6.45, 7) is 5.20. The van der Waals surface area contributed by atoms with Crippen LogP contribution in [0.5, 0.6) is 0 Å². The zero-order valence-electron chi connectivity index (χ0n) is 12.6. The second-order valence-electron chi connectivity index (χ2n) is 5.59. The van der Waals surface area contributed by atoms with Crippen LogP contribution in [0.1, 0.15) is 32.6 Å². The Morgan fingerprint density at radius 1 is 1.29 bits per heavy atom. The van der Waals surface area contributed by atoms with E-state index in [9.17, 15) is 8.42 Å². The fourth-order valence-corrected chi connectivity index (χ4v) is 3.34. The van der Waals surface area contributed by atoms with Crippen LogP contribution in [0.4, 0.5) is 5.69 Å². The molecule has 0 bridgehead atoms. The molecule has 21 heavy (non-hydrogen) atoms. The number of nitrogens with two attached hydrogens (primary N) is 1. The van der Waals surface area contributed by atoms with Crippen molar-refractivity contribution in [2.75, 3.05) is 24.5 Å². The van der Waals surface area contributed by atoms with Crippen molar-refractivity contribution in [1.29, 1.82) is 0 Å². The van der Waals surface area contributed by atoms with Crippen molar-refractivity contribution in [2.45, 2.75) is 43.5 Å². The van der Waals surface area contributed by atoms with Crippen LogP contribution in [-0.4, -0.2) is 34.1 Å². The third-order valence-electron chi connectivity index (χ3n) is 3.93. The molecule has 1 aromatic rings. The monoisotopic (exact) mass is 311 g/mol. The van der Waals surface area contributed by atoms with E-state index in [1.165, 1.54) is 19.3 Å². The van der Waals surface area contributed by atoms with Crippen molar-refractivity contribution < 1.29 is 8.42 Å². The van der Waals surface area contributed by atoms with Gasteiger partial charge in [-0.15, -0.1) is 0 Å². The van der Waals surface area contributed by atoms with Gasteiger partial charge in [0.15, 0.2) is 0 Å². The molecular formula is C15H25N3O2S. The molecule has 6 heteroatoms. The van der Waals surface area contributed by atoms with E-state index in [2.05, 4.69) is 17.1 Å². The maximum absolute atomic E-state index is 11.3. The number of nitrogens with one attached hydrogen (secondary N) is 1. The van der Waals surface area contributed by atoms with Gasteiger partial charge in [0.25, 0.3) is 0 Å². The minimum Gasteiger partial charge on any atom is -0.367 e. The van der Waals surface area contributed by atoms with Crippen molar-refractivity contribution in [3.05, 3.63) is 24.3 Å². The zero-order chi connectivity index (χ0) is 15.3. The molecule has 1 aliphatic heterocycles. The minimum absolute atomic E-state index is 0.170. The van der Waals surface area contributed by atoms with Crippen LogP contribution < -0.4 is 15.4 Å². The van der Waals surface area contributed by atoms with Gasteiger partial charge in [-0.1, -0.05) is 6.92 Å². The lowest BCUT2D eigenvalue weighted by molar-refractivity contribution is 0.435. The molecule has 1 fully saturated rings. The summed E-state index contributed by atoms with van der Waals surface area (Å²) in [6.07, 6.45) is 4.74. The summed E-state index contributed by atoms with van der Waals surface area (Å²) in [5, 5.41) is 8.62. The molecule has 1 heterocycles. The van der Waals surface area contributed by atoms with Crippen molar-refractivity contribution >= 4 is 15.7 Å². The first-order valence-electron chi connectivity index (χ1n) is 7.62. The van der Waals surface area contributed by atoms with Gasteiger partial charge in [0.2, 0.25) is 10.0 Å². The van der Waals surface area contributed by atoms with Crippen molar-refractivity contribution in [3.63, 3.8) is 0 Å². The molecule has 0 amide bonds. The summed E-state index contributed by atoms with van der Waals surface area (Å²) >= 11 is 0. The molecule has 3 N–H and O–H groups in total. The fraction of sp³-hybridized carbons (Fsp3) is 0.600. The van der Waals surface area contributed by atoms with E-state index in [4.69, 9.17) is 5.14 Å². The van der Waals surface area contributed by atoms with Crippen LogP contribution in [0, 0.1) is 0 Å². The molecule has 1 atom stereocenters. The summed E-state index contributed by atoms with van der Waals surface area (Å²) in [7, 11) is -3.61. The minimum atomic E-state index is -3.61. The normalized spacial score (nSPS) is 19.7. The molecule has 0 aliphatic carbocycles. The summed E-state index contributed by atoms with van der Waals surface area (Å²) in [5.74, 6) is 0. The predicted octanol–water partition coefficient (Wildman–Crippen LogP) is 1.69. The largest absolute Gasteiger partial charge is 0.367 e. The molecule has 0 aromatic heterocycles. The first kappa shape index (κ1) is 16.3. The smallest absolute Gasteiger partial charge is 0.238 e. The molecule has 1 aliphatic rings. The number of hydrogen-bond donors (Lipinski definition) is 2. The van der Waals surface area contributed by atoms with Gasteiger partial charge in [-0.2, -0.15) is 0 Å². The zero-order valence-corrected chi connectivity index (χ0v) is 13.4. The first-order chi connectivity index (χ1) is 10.0. The van der Waals surface area contributed by atoms with Gasteiger partial charge < -0.3 is 10.2 Å². The van der Waals surface area contributed by atoms with Crippen molar-refractivity contribution in [1.82, 2.24) is 5.32 Å². The van der Waals surface area contributed by atoms with Gasteiger partial charge in [-0.25, -0.2) is 13.6 Å². The summed E-state index contributed by atoms with van der Waals surface area (Å²) in [5.41, 5.74) is 1.07. The third kappa shape index (κ3) is 4.43. The highest BCUT2D eigenvalue weighted by Crippen LogP contribution is 2.25. The van der Waals surface area contributed by atoms with Crippen molar-refractivity contribution in [2.24, 2.45) is 5.14 Å². The number of anilines is 1. The Labute approximate surface area is 127 Å². The van der Waals surface area contributed by atoms with Crippen LogP contribution in [0.25, 0.3) is 0 Å². The fourth-order valence-electron chi connectivity index (χ4n) is 2.83. The second kappa shape index (κ2) is 7.24. The third-order valence-corrected chi connectivity index (χ3v) is 4.86. The number of piperidine rings is 1. The molecule has 0 saturated carbocycles. The lowest BCUT2D eigenvalue weighted by atomic mass is 10.0. The maximum Gasteiger partial charge on any atom is 0.238 e. The Bertz CT molecular complexity index is 543. The average molecular weight is 311 g/mol. The average Bonchev–Trinajstić information content (AvgIpc) is 2.47. The second-order valence-corrected chi connectivity index (χ2v) is 7.15. The van der Waals surface area contributed by atoms with Gasteiger partial charge >= 0.3 is 0 Å². The van der Waals surface area contributed by atoms with Crippen LogP contribution in [0.2, 0.25) is 0 Å². The topological polar surface area (TPSA) is 75.4 Å². The van der Waals surface area contributed by atoms with Gasteiger partial charge in [0, 0.05) is 24.8 Å². The maximum atomic E-state index is 11.3. The molecule has 1 aromatic carbocycles. The molecule has 0 radical (unpaired) electrons. The highest BCUT2D eigenvalue weighted by atomic mass is 32.2. The Morgan fingerprint density at radius 2 is 2.00 bits per heavy atom. The van der Waals surface area contributed by atoms with E-state index in [0.29, 0.717) is 6.04 Å².